The maximum atomic E-state index is 11.6. The van der Waals surface area contributed by atoms with Crippen LogP contribution in [0.4, 0.5) is 11.4 Å². The first kappa shape index (κ1) is 15.4. The van der Waals surface area contributed by atoms with E-state index in [9.17, 15) is 4.79 Å². The van der Waals surface area contributed by atoms with Crippen molar-refractivity contribution < 1.29 is 14.3 Å². The normalized spacial score (nSPS) is 10.1. The highest BCUT2D eigenvalue weighted by Gasteiger charge is 2.12. The van der Waals surface area contributed by atoms with Gasteiger partial charge in [-0.15, -0.1) is 0 Å². The van der Waals surface area contributed by atoms with E-state index < -0.39 is 0 Å². The van der Waals surface area contributed by atoms with Crippen LogP contribution in [0.1, 0.15) is 15.9 Å². The molecule has 2 aromatic rings. The highest BCUT2D eigenvalue weighted by Crippen LogP contribution is 2.33. The number of nitrogens with zero attached hydrogens (tertiary/aromatic N) is 1. The average molecular weight is 350 g/mol. The highest BCUT2D eigenvalue weighted by molar-refractivity contribution is 9.10. The average Bonchev–Trinajstić information content (AvgIpc) is 2.53. The van der Waals surface area contributed by atoms with Crippen LogP contribution in [0.3, 0.4) is 0 Å². The van der Waals surface area contributed by atoms with Gasteiger partial charge in [0.25, 0.3) is 0 Å². The Hall–Kier alpha value is -2.01. The van der Waals surface area contributed by atoms with Gasteiger partial charge in [0.1, 0.15) is 5.75 Å². The molecule has 0 heterocycles. The van der Waals surface area contributed by atoms with E-state index in [1.54, 1.807) is 19.2 Å². The van der Waals surface area contributed by atoms with Crippen LogP contribution in [0.2, 0.25) is 0 Å². The zero-order chi connectivity index (χ0) is 15.4. The smallest absolute Gasteiger partial charge is 0.337 e. The van der Waals surface area contributed by atoms with E-state index in [2.05, 4.69) is 16.1 Å². The number of hydrogen-bond acceptors (Lipinski definition) is 4. The molecule has 0 aliphatic carbocycles. The number of rotatable bonds is 4. The number of esters is 1. The largest absolute Gasteiger partial charge is 0.497 e. The molecule has 4 nitrogen and oxygen atoms in total. The Balaban J connectivity index is 2.35. The lowest BCUT2D eigenvalue weighted by Crippen LogP contribution is -2.06. The molecule has 0 aliphatic rings. The molecule has 0 radical (unpaired) electrons. The number of carbonyl (C=O) groups excluding carboxylic acids is 1. The van der Waals surface area contributed by atoms with Crippen LogP contribution in [-0.4, -0.2) is 20.2 Å². The molecule has 0 amide bonds. The number of halogens is 1. The van der Waals surface area contributed by atoms with Crippen LogP contribution in [0, 0.1) is 6.92 Å². The summed E-state index contributed by atoms with van der Waals surface area (Å²) in [5.41, 5.74) is 3.37. The maximum Gasteiger partial charge on any atom is 0.337 e. The molecule has 0 spiro atoms. The molecule has 0 saturated heterocycles. The molecular formula is C16H16BrNO3. The molecule has 0 aliphatic heterocycles. The lowest BCUT2D eigenvalue weighted by atomic mass is 10.1. The maximum absolute atomic E-state index is 11.6. The van der Waals surface area contributed by atoms with Gasteiger partial charge in [0.15, 0.2) is 0 Å². The summed E-state index contributed by atoms with van der Waals surface area (Å²) in [5, 5.41) is 0. The van der Waals surface area contributed by atoms with Crippen molar-refractivity contribution in [2.45, 2.75) is 6.92 Å². The van der Waals surface area contributed by atoms with Crippen molar-refractivity contribution >= 4 is 33.5 Å². The number of methoxy groups -OCH3 is 2. The van der Waals surface area contributed by atoms with Gasteiger partial charge < -0.3 is 9.47 Å². The summed E-state index contributed by atoms with van der Waals surface area (Å²) in [7, 11) is 3.01. The summed E-state index contributed by atoms with van der Waals surface area (Å²) < 4.78 is 11.8. The molecule has 0 bridgehead atoms. The van der Waals surface area contributed by atoms with Crippen LogP contribution >= 0.6 is 16.1 Å². The van der Waals surface area contributed by atoms with Gasteiger partial charge in [-0.25, -0.2) is 4.79 Å². The first-order chi connectivity index (χ1) is 10.1. The standard InChI is InChI=1S/C16H16BrNO3/c1-11-9-14(20-2)7-8-15(11)18(17)13-6-4-5-12(10-13)16(19)21-3/h4-10H,1-3H3. The topological polar surface area (TPSA) is 38.8 Å². The molecule has 0 unspecified atom stereocenters. The van der Waals surface area contributed by atoms with Crippen molar-refractivity contribution in [1.82, 2.24) is 0 Å². The first-order valence-electron chi connectivity index (χ1n) is 6.35. The molecule has 0 saturated carbocycles. The van der Waals surface area contributed by atoms with E-state index in [0.717, 1.165) is 22.7 Å². The van der Waals surface area contributed by atoms with Crippen LogP contribution in [-0.2, 0) is 4.74 Å². The second kappa shape index (κ2) is 6.63. The fraction of sp³-hybridized carbons (Fsp3) is 0.188. The summed E-state index contributed by atoms with van der Waals surface area (Å²) in [6, 6.07) is 13.0. The monoisotopic (exact) mass is 349 g/mol. The van der Waals surface area contributed by atoms with E-state index in [1.807, 2.05) is 41.2 Å². The van der Waals surface area contributed by atoms with E-state index in [0.29, 0.717) is 5.56 Å². The predicted octanol–water partition coefficient (Wildman–Crippen LogP) is 4.24. The molecule has 21 heavy (non-hydrogen) atoms. The Morgan fingerprint density at radius 2 is 1.90 bits per heavy atom. The van der Waals surface area contributed by atoms with Gasteiger partial charge >= 0.3 is 5.97 Å². The molecule has 2 rings (SSSR count). The quantitative estimate of drug-likeness (QED) is 0.611. The van der Waals surface area contributed by atoms with Crippen molar-refractivity contribution in [3.63, 3.8) is 0 Å². The van der Waals surface area contributed by atoms with E-state index >= 15 is 0 Å². The van der Waals surface area contributed by atoms with Crippen molar-refractivity contribution in [2.75, 3.05) is 18.1 Å². The number of ether oxygens (including phenoxy) is 2. The van der Waals surface area contributed by atoms with Crippen LogP contribution in [0.5, 0.6) is 5.75 Å². The van der Waals surface area contributed by atoms with E-state index in [4.69, 9.17) is 9.47 Å². The summed E-state index contributed by atoms with van der Waals surface area (Å²) in [5.74, 6) is 0.449. The summed E-state index contributed by atoms with van der Waals surface area (Å²) in [6.45, 7) is 2.00. The van der Waals surface area contributed by atoms with Gasteiger partial charge in [-0.1, -0.05) is 6.07 Å². The molecule has 0 N–H and O–H groups in total. The van der Waals surface area contributed by atoms with Crippen molar-refractivity contribution in [2.24, 2.45) is 0 Å². The Kier molecular flexibility index (Phi) is 4.85. The second-order valence-electron chi connectivity index (χ2n) is 4.48. The Labute approximate surface area is 132 Å². The number of hydrogen-bond donors (Lipinski definition) is 0. The Bertz CT molecular complexity index is 658. The lowest BCUT2D eigenvalue weighted by molar-refractivity contribution is 0.0601. The van der Waals surface area contributed by atoms with Crippen molar-refractivity contribution in [3.8, 4) is 5.75 Å². The molecular weight excluding hydrogens is 334 g/mol. The number of benzene rings is 2. The Morgan fingerprint density at radius 3 is 2.52 bits per heavy atom. The van der Waals surface area contributed by atoms with Gasteiger partial charge in [0, 0.05) is 0 Å². The summed E-state index contributed by atoms with van der Waals surface area (Å²) in [6.07, 6.45) is 0. The van der Waals surface area contributed by atoms with Gasteiger partial charge in [0.05, 0.1) is 47.3 Å². The third kappa shape index (κ3) is 3.36. The zero-order valence-electron chi connectivity index (χ0n) is 12.1. The summed E-state index contributed by atoms with van der Waals surface area (Å²) in [4.78, 5) is 11.6. The summed E-state index contributed by atoms with van der Waals surface area (Å²) >= 11 is 3.54. The molecule has 5 heteroatoms. The molecule has 0 atom stereocenters. The van der Waals surface area contributed by atoms with Gasteiger partial charge in [0.2, 0.25) is 0 Å². The molecule has 2 aromatic carbocycles. The fourth-order valence-electron chi connectivity index (χ4n) is 1.99. The van der Waals surface area contributed by atoms with Gasteiger partial charge in [-0.2, -0.15) is 0 Å². The van der Waals surface area contributed by atoms with Gasteiger partial charge in [-0.05, 0) is 48.9 Å². The molecule has 0 fully saturated rings. The third-order valence-electron chi connectivity index (χ3n) is 3.11. The van der Waals surface area contributed by atoms with E-state index in [1.165, 1.54) is 7.11 Å². The molecule has 0 aromatic heterocycles. The predicted molar refractivity (Wildman–Crippen MR) is 86.6 cm³/mol. The van der Waals surface area contributed by atoms with Crippen molar-refractivity contribution in [1.29, 1.82) is 0 Å². The van der Waals surface area contributed by atoms with Crippen LogP contribution in [0.25, 0.3) is 0 Å². The lowest BCUT2D eigenvalue weighted by Gasteiger charge is -2.20. The van der Waals surface area contributed by atoms with Gasteiger partial charge in [-0.3, -0.25) is 3.93 Å². The van der Waals surface area contributed by atoms with E-state index in [-0.39, 0.29) is 5.97 Å². The fourth-order valence-corrected chi connectivity index (χ4v) is 2.61. The SMILES string of the molecule is COC(=O)c1cccc(N(Br)c2ccc(OC)cc2C)c1. The minimum absolute atomic E-state index is 0.357. The number of aryl methyl sites for hydroxylation is 1. The number of anilines is 2. The Morgan fingerprint density at radius 1 is 1.14 bits per heavy atom. The highest BCUT2D eigenvalue weighted by atomic mass is 79.9. The van der Waals surface area contributed by atoms with Crippen LogP contribution in [0.15, 0.2) is 42.5 Å². The minimum Gasteiger partial charge on any atom is -0.497 e. The first-order valence-corrected chi connectivity index (χ1v) is 7.06. The van der Waals surface area contributed by atoms with Crippen LogP contribution < -0.4 is 8.66 Å². The zero-order valence-corrected chi connectivity index (χ0v) is 13.7. The van der Waals surface area contributed by atoms with Crippen molar-refractivity contribution in [3.05, 3.63) is 53.6 Å². The molecule has 110 valence electrons. The second-order valence-corrected chi connectivity index (χ2v) is 5.18. The third-order valence-corrected chi connectivity index (χ3v) is 3.90. The minimum atomic E-state index is -0.357. The number of carbonyl (C=O) groups is 1.